The molecule has 1 aromatic carbocycles. The topological polar surface area (TPSA) is 97.6 Å². The minimum absolute atomic E-state index is 0.173. The summed E-state index contributed by atoms with van der Waals surface area (Å²) < 4.78 is 66.8. The highest BCUT2D eigenvalue weighted by molar-refractivity contribution is 7.91. The summed E-state index contributed by atoms with van der Waals surface area (Å²) in [5, 5.41) is 12.8. The van der Waals surface area contributed by atoms with Gasteiger partial charge in [0.25, 0.3) is 0 Å². The zero-order valence-corrected chi connectivity index (χ0v) is 21.8. The van der Waals surface area contributed by atoms with Crippen molar-refractivity contribution < 1.29 is 31.4 Å². The van der Waals surface area contributed by atoms with E-state index in [-0.39, 0.29) is 23.9 Å². The number of rotatable bonds is 8. The maximum absolute atomic E-state index is 12.5. The number of aliphatic hydroxyl groups is 1. The number of pyridine rings is 1. The van der Waals surface area contributed by atoms with E-state index in [1.165, 1.54) is 35.6 Å². The molecule has 0 atom stereocenters. The highest BCUT2D eigenvalue weighted by atomic mass is 32.2. The van der Waals surface area contributed by atoms with Crippen LogP contribution < -0.4 is 4.74 Å². The standard InChI is InChI=1S/C25H25F3N4O4S2/c26-25(27,28)36-19-5-3-17(4-6-19)21-8-7-20-18(2-1-9-31-10-12-38(34,35)13-11-31)14-32(24(20)29-21)22-16-37-23(15-33)30-22/h3-8,14,16,33H,1-2,9-13,15H2. The zero-order chi connectivity index (χ0) is 26.9. The van der Waals surface area contributed by atoms with Crippen molar-refractivity contribution in [2.24, 2.45) is 0 Å². The van der Waals surface area contributed by atoms with Crippen molar-refractivity contribution in [2.45, 2.75) is 25.8 Å². The van der Waals surface area contributed by atoms with Gasteiger partial charge in [-0.15, -0.1) is 24.5 Å². The van der Waals surface area contributed by atoms with E-state index in [0.717, 1.165) is 30.3 Å². The number of alkyl halides is 3. The van der Waals surface area contributed by atoms with Gasteiger partial charge in [0.2, 0.25) is 0 Å². The zero-order valence-electron chi connectivity index (χ0n) is 20.2. The first kappa shape index (κ1) is 26.6. The molecule has 1 aliphatic heterocycles. The van der Waals surface area contributed by atoms with E-state index in [2.05, 4.69) is 14.6 Å². The van der Waals surface area contributed by atoms with Crippen LogP contribution in [0.1, 0.15) is 17.0 Å². The number of halogens is 3. The van der Waals surface area contributed by atoms with Gasteiger partial charge >= 0.3 is 6.36 Å². The average molecular weight is 567 g/mol. The van der Waals surface area contributed by atoms with Crippen LogP contribution in [0.25, 0.3) is 28.1 Å². The van der Waals surface area contributed by atoms with Crippen LogP contribution in [0.15, 0.2) is 48.0 Å². The second-order valence-corrected chi connectivity index (χ2v) is 12.3. The Bertz CT molecular complexity index is 1520. The molecule has 0 aliphatic carbocycles. The molecule has 1 aliphatic rings. The van der Waals surface area contributed by atoms with Crippen molar-refractivity contribution in [3.8, 4) is 22.8 Å². The van der Waals surface area contributed by atoms with Crippen molar-refractivity contribution in [1.29, 1.82) is 0 Å². The largest absolute Gasteiger partial charge is 0.573 e. The summed E-state index contributed by atoms with van der Waals surface area (Å²) in [7, 11) is -2.92. The summed E-state index contributed by atoms with van der Waals surface area (Å²) >= 11 is 1.33. The number of aryl methyl sites for hydroxylation is 1. The predicted octanol–water partition coefficient (Wildman–Crippen LogP) is 4.20. The molecule has 3 aromatic heterocycles. The average Bonchev–Trinajstić information content (AvgIpc) is 3.49. The van der Waals surface area contributed by atoms with Crippen LogP contribution in [0, 0.1) is 0 Å². The first-order valence-electron chi connectivity index (χ1n) is 12.0. The van der Waals surface area contributed by atoms with E-state index in [9.17, 15) is 26.7 Å². The number of fused-ring (bicyclic) bond motifs is 1. The van der Waals surface area contributed by atoms with Crippen LogP contribution in [0.2, 0.25) is 0 Å². The lowest BCUT2D eigenvalue weighted by Gasteiger charge is -2.26. The Morgan fingerprint density at radius 3 is 2.45 bits per heavy atom. The molecule has 5 rings (SSSR count). The minimum atomic E-state index is -4.76. The van der Waals surface area contributed by atoms with Gasteiger partial charge in [0.15, 0.2) is 9.84 Å². The molecule has 4 aromatic rings. The van der Waals surface area contributed by atoms with E-state index in [4.69, 9.17) is 4.98 Å². The molecule has 1 fully saturated rings. The summed E-state index contributed by atoms with van der Waals surface area (Å²) in [6.45, 7) is 1.70. The van der Waals surface area contributed by atoms with E-state index < -0.39 is 16.2 Å². The lowest BCUT2D eigenvalue weighted by Crippen LogP contribution is -2.40. The van der Waals surface area contributed by atoms with Gasteiger partial charge in [0, 0.05) is 35.6 Å². The molecule has 38 heavy (non-hydrogen) atoms. The molecule has 202 valence electrons. The molecule has 0 spiro atoms. The molecular weight excluding hydrogens is 541 g/mol. The van der Waals surface area contributed by atoms with Crippen LogP contribution in [-0.4, -0.2) is 70.5 Å². The number of nitrogens with zero attached hydrogens (tertiary/aromatic N) is 4. The Morgan fingerprint density at radius 2 is 1.79 bits per heavy atom. The monoisotopic (exact) mass is 566 g/mol. The molecule has 0 unspecified atom stereocenters. The molecule has 0 saturated carbocycles. The highest BCUT2D eigenvalue weighted by Gasteiger charge is 2.31. The Hall–Kier alpha value is -3.00. The van der Waals surface area contributed by atoms with Gasteiger partial charge in [-0.05, 0) is 61.3 Å². The maximum atomic E-state index is 12.5. The number of aromatic nitrogens is 3. The molecule has 0 amide bonds. The summed E-state index contributed by atoms with van der Waals surface area (Å²) in [6.07, 6.45) is -1.21. The third-order valence-electron chi connectivity index (χ3n) is 6.40. The van der Waals surface area contributed by atoms with Gasteiger partial charge in [0.05, 0.1) is 23.8 Å². The van der Waals surface area contributed by atoms with Crippen molar-refractivity contribution in [2.75, 3.05) is 31.1 Å². The first-order chi connectivity index (χ1) is 18.1. The number of hydrogen-bond acceptors (Lipinski definition) is 8. The van der Waals surface area contributed by atoms with Gasteiger partial charge < -0.3 is 14.7 Å². The summed E-state index contributed by atoms with van der Waals surface area (Å²) in [6, 6.07) is 9.31. The normalized spacial score (nSPS) is 16.2. The molecule has 4 heterocycles. The number of thiazole rings is 1. The molecule has 0 radical (unpaired) electrons. The first-order valence-corrected chi connectivity index (χ1v) is 14.7. The smallest absolute Gasteiger partial charge is 0.406 e. The number of ether oxygens (including phenoxy) is 1. The van der Waals surface area contributed by atoms with Gasteiger partial charge in [-0.2, -0.15) is 0 Å². The van der Waals surface area contributed by atoms with Crippen LogP contribution >= 0.6 is 11.3 Å². The van der Waals surface area contributed by atoms with Crippen LogP contribution in [0.3, 0.4) is 0 Å². The SMILES string of the molecule is O=S1(=O)CCN(CCCc2cn(-c3csc(CO)n3)c3nc(-c4ccc(OC(F)(F)F)cc4)ccc23)CC1. The van der Waals surface area contributed by atoms with Crippen molar-refractivity contribution in [1.82, 2.24) is 19.4 Å². The number of benzene rings is 1. The minimum Gasteiger partial charge on any atom is -0.406 e. The molecule has 1 saturated heterocycles. The van der Waals surface area contributed by atoms with Crippen LogP contribution in [-0.2, 0) is 22.9 Å². The predicted molar refractivity (Wildman–Crippen MR) is 138 cm³/mol. The third-order valence-corrected chi connectivity index (χ3v) is 8.83. The van der Waals surface area contributed by atoms with Crippen molar-refractivity contribution >= 4 is 32.2 Å². The Kier molecular flexibility index (Phi) is 7.45. The highest BCUT2D eigenvalue weighted by Crippen LogP contribution is 2.30. The molecule has 1 N–H and O–H groups in total. The maximum Gasteiger partial charge on any atom is 0.573 e. The second-order valence-electron chi connectivity index (χ2n) is 9.02. The fraction of sp³-hybridized carbons (Fsp3) is 0.360. The van der Waals surface area contributed by atoms with Gasteiger partial charge in [-0.1, -0.05) is 0 Å². The number of aliphatic hydroxyl groups excluding tert-OH is 1. The molecule has 0 bridgehead atoms. The second kappa shape index (κ2) is 10.6. The number of hydrogen-bond donors (Lipinski definition) is 1. The Balaban J connectivity index is 1.41. The van der Waals surface area contributed by atoms with E-state index in [1.807, 2.05) is 28.3 Å². The Labute approximate surface area is 221 Å². The number of sulfone groups is 1. The quantitative estimate of drug-likeness (QED) is 0.341. The summed E-state index contributed by atoms with van der Waals surface area (Å²) in [5.41, 5.74) is 2.90. The lowest BCUT2D eigenvalue weighted by molar-refractivity contribution is -0.274. The molecule has 8 nitrogen and oxygen atoms in total. The van der Waals surface area contributed by atoms with Crippen molar-refractivity contribution in [3.63, 3.8) is 0 Å². The van der Waals surface area contributed by atoms with E-state index in [0.29, 0.717) is 40.8 Å². The fourth-order valence-electron chi connectivity index (χ4n) is 4.48. The fourth-order valence-corrected chi connectivity index (χ4v) is 6.39. The Morgan fingerprint density at radius 1 is 1.05 bits per heavy atom. The van der Waals surface area contributed by atoms with Crippen molar-refractivity contribution in [3.05, 3.63) is 58.5 Å². The lowest BCUT2D eigenvalue weighted by atomic mass is 10.1. The van der Waals surface area contributed by atoms with Gasteiger partial charge in [0.1, 0.15) is 22.2 Å². The third kappa shape index (κ3) is 6.17. The van der Waals surface area contributed by atoms with E-state index in [1.54, 1.807) is 0 Å². The molecule has 13 heteroatoms. The van der Waals surface area contributed by atoms with E-state index >= 15 is 0 Å². The van der Waals surface area contributed by atoms with Crippen LogP contribution in [0.4, 0.5) is 13.2 Å². The van der Waals surface area contributed by atoms with Crippen LogP contribution in [0.5, 0.6) is 5.75 Å². The summed E-state index contributed by atoms with van der Waals surface area (Å²) in [4.78, 5) is 11.5. The molecular formula is C25H25F3N4O4S2. The van der Waals surface area contributed by atoms with Gasteiger partial charge in [-0.3, -0.25) is 4.57 Å². The van der Waals surface area contributed by atoms with Gasteiger partial charge in [-0.25, -0.2) is 18.4 Å². The summed E-state index contributed by atoms with van der Waals surface area (Å²) in [5.74, 6) is 0.701.